The number of rotatable bonds is 8. The topological polar surface area (TPSA) is 127 Å². The minimum Gasteiger partial charge on any atom is -0.379 e. The molecule has 0 unspecified atom stereocenters. The van der Waals surface area contributed by atoms with Gasteiger partial charge in [0.15, 0.2) is 0 Å². The molecule has 10 heteroatoms. The number of H-pyrrole nitrogens is 1. The number of carbonyl (C=O) groups is 1. The number of aromatic nitrogens is 3. The highest BCUT2D eigenvalue weighted by Gasteiger charge is 2.22. The molecular weight excluding hydrogens is 410 g/mol. The third kappa shape index (κ3) is 6.78. The quantitative estimate of drug-likeness (QED) is 0.590. The van der Waals surface area contributed by atoms with Crippen molar-refractivity contribution < 1.29 is 9.53 Å². The summed E-state index contributed by atoms with van der Waals surface area (Å²) in [6.45, 7) is 13.0. The Hall–Kier alpha value is -3.45. The average Bonchev–Trinajstić information content (AvgIpc) is 2.81. The number of piperazine rings is 1. The van der Waals surface area contributed by atoms with E-state index in [0.717, 1.165) is 24.5 Å². The molecule has 1 atom stereocenters. The van der Waals surface area contributed by atoms with Gasteiger partial charge in [-0.3, -0.25) is 9.59 Å². The Morgan fingerprint density at radius 2 is 2.03 bits per heavy atom. The molecule has 2 N–H and O–H groups in total. The van der Waals surface area contributed by atoms with E-state index >= 15 is 0 Å². The summed E-state index contributed by atoms with van der Waals surface area (Å²) in [5.74, 6) is 1.11. The van der Waals surface area contributed by atoms with Gasteiger partial charge in [-0.05, 0) is 32.4 Å². The van der Waals surface area contributed by atoms with Crippen molar-refractivity contribution in [1.82, 2.24) is 20.1 Å². The van der Waals surface area contributed by atoms with Gasteiger partial charge >= 0.3 is 0 Å². The summed E-state index contributed by atoms with van der Waals surface area (Å²) in [6, 6.07) is 3.99. The highest BCUT2D eigenvalue weighted by atomic mass is 16.5. The van der Waals surface area contributed by atoms with Gasteiger partial charge in [-0.2, -0.15) is 5.10 Å². The zero-order valence-corrected chi connectivity index (χ0v) is 18.9. The summed E-state index contributed by atoms with van der Waals surface area (Å²) in [7, 11) is 0. The molecule has 3 heterocycles. The molecule has 0 aliphatic carbocycles. The van der Waals surface area contributed by atoms with Gasteiger partial charge in [-0.1, -0.05) is 6.07 Å². The van der Waals surface area contributed by atoms with Crippen molar-refractivity contribution in [3.63, 3.8) is 0 Å². The summed E-state index contributed by atoms with van der Waals surface area (Å²) in [5.41, 5.74) is 2.22. The van der Waals surface area contributed by atoms with E-state index in [1.165, 1.54) is 0 Å². The Bertz CT molecular complexity index is 952. The molecule has 1 saturated heterocycles. The predicted molar refractivity (Wildman–Crippen MR) is 123 cm³/mol. The van der Waals surface area contributed by atoms with Crippen LogP contribution in [-0.4, -0.2) is 71.4 Å². The first-order chi connectivity index (χ1) is 15.5. The largest absolute Gasteiger partial charge is 0.379 e. The first kappa shape index (κ1) is 24.8. The molecular formula is C22H31N7O3. The summed E-state index contributed by atoms with van der Waals surface area (Å²) < 4.78 is 5.67. The SMILES string of the molecule is C#N.Cc1cccnc1N1CCN(C(=O)CCOC[C@H](C)Nc2cn[nH]c(=O)c2C)CC1. The molecule has 2 aromatic heterocycles. The molecule has 3 rings (SSSR count). The third-order valence-electron chi connectivity index (χ3n) is 5.25. The molecule has 1 amide bonds. The first-order valence-corrected chi connectivity index (χ1v) is 10.5. The molecule has 0 saturated carbocycles. The molecule has 1 aliphatic heterocycles. The molecule has 0 aromatic carbocycles. The smallest absolute Gasteiger partial charge is 0.269 e. The summed E-state index contributed by atoms with van der Waals surface area (Å²) >= 11 is 0. The van der Waals surface area contributed by atoms with E-state index in [9.17, 15) is 9.59 Å². The molecule has 0 radical (unpaired) electrons. The van der Waals surface area contributed by atoms with E-state index in [1.54, 1.807) is 19.3 Å². The fourth-order valence-electron chi connectivity index (χ4n) is 3.46. The lowest BCUT2D eigenvalue weighted by molar-refractivity contribution is -0.132. The number of nitrogens with zero attached hydrogens (tertiary/aromatic N) is 5. The number of nitrogens with one attached hydrogen (secondary N) is 2. The number of anilines is 2. The Morgan fingerprint density at radius 1 is 1.31 bits per heavy atom. The van der Waals surface area contributed by atoms with Crippen LogP contribution in [0.25, 0.3) is 0 Å². The van der Waals surface area contributed by atoms with Crippen molar-refractivity contribution in [2.24, 2.45) is 0 Å². The zero-order valence-electron chi connectivity index (χ0n) is 18.9. The van der Waals surface area contributed by atoms with Crippen LogP contribution >= 0.6 is 0 Å². The van der Waals surface area contributed by atoms with Crippen LogP contribution in [0.1, 0.15) is 24.5 Å². The number of nitriles is 1. The molecule has 2 aromatic rings. The molecule has 32 heavy (non-hydrogen) atoms. The van der Waals surface area contributed by atoms with Crippen LogP contribution in [0.4, 0.5) is 11.5 Å². The molecule has 10 nitrogen and oxygen atoms in total. The number of hydrogen-bond acceptors (Lipinski definition) is 8. The van der Waals surface area contributed by atoms with E-state index in [0.29, 0.717) is 44.0 Å². The summed E-state index contributed by atoms with van der Waals surface area (Å²) in [5, 5.41) is 15.9. The van der Waals surface area contributed by atoms with Gasteiger partial charge in [0.1, 0.15) is 5.82 Å². The Labute approximate surface area is 188 Å². The number of pyridine rings is 1. The minimum atomic E-state index is -0.211. The van der Waals surface area contributed by atoms with Crippen LogP contribution in [0.3, 0.4) is 0 Å². The highest BCUT2D eigenvalue weighted by molar-refractivity contribution is 5.76. The Morgan fingerprint density at radius 3 is 2.72 bits per heavy atom. The van der Waals surface area contributed by atoms with Crippen LogP contribution in [0.2, 0.25) is 0 Å². The first-order valence-electron chi connectivity index (χ1n) is 10.5. The van der Waals surface area contributed by atoms with E-state index in [4.69, 9.17) is 10.00 Å². The van der Waals surface area contributed by atoms with Crippen LogP contribution in [0, 0.1) is 25.7 Å². The second-order valence-electron chi connectivity index (χ2n) is 7.62. The van der Waals surface area contributed by atoms with Crippen molar-refractivity contribution >= 4 is 17.4 Å². The molecule has 1 aliphatic rings. The maximum atomic E-state index is 12.5. The van der Waals surface area contributed by atoms with Gasteiger partial charge < -0.3 is 19.9 Å². The number of ether oxygens (including phenoxy) is 1. The van der Waals surface area contributed by atoms with Crippen LogP contribution in [-0.2, 0) is 9.53 Å². The van der Waals surface area contributed by atoms with E-state index in [-0.39, 0.29) is 17.5 Å². The molecule has 0 spiro atoms. The van der Waals surface area contributed by atoms with Gasteiger partial charge in [0.2, 0.25) is 5.91 Å². The zero-order chi connectivity index (χ0) is 23.5. The molecule has 0 bridgehead atoms. The number of aryl methyl sites for hydroxylation is 1. The average molecular weight is 442 g/mol. The predicted octanol–water partition coefficient (Wildman–Crippen LogP) is 1.48. The number of amides is 1. The van der Waals surface area contributed by atoms with Crippen LogP contribution in [0.5, 0.6) is 0 Å². The lowest BCUT2D eigenvalue weighted by Crippen LogP contribution is -2.49. The van der Waals surface area contributed by atoms with Gasteiger partial charge in [0.05, 0.1) is 31.5 Å². The van der Waals surface area contributed by atoms with E-state index in [2.05, 4.69) is 45.0 Å². The number of hydrogen-bond donors (Lipinski definition) is 2. The van der Waals surface area contributed by atoms with Crippen molar-refractivity contribution in [3.05, 3.63) is 46.0 Å². The third-order valence-corrected chi connectivity index (χ3v) is 5.25. The maximum Gasteiger partial charge on any atom is 0.269 e. The van der Waals surface area contributed by atoms with Crippen molar-refractivity contribution in [2.45, 2.75) is 33.2 Å². The van der Waals surface area contributed by atoms with Gasteiger partial charge in [-0.25, -0.2) is 15.3 Å². The number of carbonyl (C=O) groups excluding carboxylic acids is 1. The van der Waals surface area contributed by atoms with E-state index < -0.39 is 0 Å². The van der Waals surface area contributed by atoms with Gasteiger partial charge in [0, 0.05) is 50.6 Å². The van der Waals surface area contributed by atoms with Crippen molar-refractivity contribution in [3.8, 4) is 6.57 Å². The normalized spacial score (nSPS) is 14.3. The van der Waals surface area contributed by atoms with Crippen molar-refractivity contribution in [2.75, 3.05) is 49.6 Å². The lowest BCUT2D eigenvalue weighted by atomic mass is 10.2. The fraction of sp³-hybridized carbons (Fsp3) is 0.500. The second-order valence-corrected chi connectivity index (χ2v) is 7.62. The Balaban J connectivity index is 0.00000176. The Kier molecular flexibility index (Phi) is 9.63. The summed E-state index contributed by atoms with van der Waals surface area (Å²) in [6.07, 6.45) is 3.75. The van der Waals surface area contributed by atoms with E-state index in [1.807, 2.05) is 17.9 Å². The molecule has 172 valence electrons. The van der Waals surface area contributed by atoms with Gasteiger partial charge in [0.25, 0.3) is 5.56 Å². The maximum absolute atomic E-state index is 12.5. The van der Waals surface area contributed by atoms with Crippen LogP contribution < -0.4 is 15.8 Å². The minimum absolute atomic E-state index is 0.00689. The van der Waals surface area contributed by atoms with Crippen molar-refractivity contribution in [1.29, 1.82) is 5.26 Å². The summed E-state index contributed by atoms with van der Waals surface area (Å²) in [4.78, 5) is 32.6. The lowest BCUT2D eigenvalue weighted by Gasteiger charge is -2.36. The second kappa shape index (κ2) is 12.4. The van der Waals surface area contributed by atoms with Crippen LogP contribution in [0.15, 0.2) is 29.3 Å². The highest BCUT2D eigenvalue weighted by Crippen LogP contribution is 2.18. The molecule has 1 fully saturated rings. The van der Waals surface area contributed by atoms with Gasteiger partial charge in [-0.15, -0.1) is 0 Å². The standard InChI is InChI=1S/C21H30N6O3.CHN/c1-15-5-4-7-22-20(15)27-10-8-26(9-11-27)19(28)6-12-30-14-16(2)24-18-13-23-25-21(29)17(18)3;1-2/h4-5,7,13,16H,6,8-12,14H2,1-3H3,(H2,24,25,29);1H/t16-;/m0./s1. The fourth-order valence-corrected chi connectivity index (χ4v) is 3.46. The number of aromatic amines is 1. The monoisotopic (exact) mass is 441 g/mol.